The van der Waals surface area contributed by atoms with Gasteiger partial charge in [-0.2, -0.15) is 0 Å². The lowest BCUT2D eigenvalue weighted by atomic mass is 10.0. The second-order valence-electron chi connectivity index (χ2n) is 6.23. The molecule has 1 amide bonds. The monoisotopic (exact) mass is 355 g/mol. The highest BCUT2D eigenvalue weighted by atomic mass is 16.5. The Balaban J connectivity index is 2.17. The molecule has 5 heteroatoms. The van der Waals surface area contributed by atoms with Crippen LogP contribution >= 0.6 is 0 Å². The van der Waals surface area contributed by atoms with Gasteiger partial charge in [0.25, 0.3) is 5.91 Å². The van der Waals surface area contributed by atoms with Gasteiger partial charge in [-0.3, -0.25) is 4.79 Å². The maximum atomic E-state index is 12.7. The van der Waals surface area contributed by atoms with E-state index < -0.39 is 18.1 Å². The van der Waals surface area contributed by atoms with Crippen LogP contribution in [0.5, 0.6) is 0 Å². The molecule has 0 radical (unpaired) electrons. The molecule has 0 bridgehead atoms. The van der Waals surface area contributed by atoms with Crippen molar-refractivity contribution in [2.24, 2.45) is 0 Å². The van der Waals surface area contributed by atoms with Crippen molar-refractivity contribution in [3.63, 3.8) is 0 Å². The first-order valence-electron chi connectivity index (χ1n) is 8.48. The van der Waals surface area contributed by atoms with Crippen molar-refractivity contribution in [3.8, 4) is 0 Å². The average Bonchev–Trinajstić information content (AvgIpc) is 2.65. The minimum atomic E-state index is -0.789. The highest BCUT2D eigenvalue weighted by Gasteiger charge is 2.27. The summed E-state index contributed by atoms with van der Waals surface area (Å²) in [4.78, 5) is 24.8. The fraction of sp³-hybridized carbons (Fsp3) is 0.333. The Bertz CT molecular complexity index is 758. The summed E-state index contributed by atoms with van der Waals surface area (Å²) in [5, 5.41) is 2.76. The molecule has 5 nitrogen and oxygen atoms in total. The summed E-state index contributed by atoms with van der Waals surface area (Å²) in [5.74, 6) is -0.863. The maximum Gasteiger partial charge on any atom is 0.328 e. The molecule has 2 aromatic rings. The number of carbonyl (C=O) groups excluding carboxylic acids is 2. The zero-order valence-corrected chi connectivity index (χ0v) is 15.6. The van der Waals surface area contributed by atoms with Crippen molar-refractivity contribution in [2.45, 2.75) is 32.4 Å². The van der Waals surface area contributed by atoms with Crippen molar-refractivity contribution in [1.29, 1.82) is 0 Å². The second kappa shape index (κ2) is 9.15. The van der Waals surface area contributed by atoms with Crippen LogP contribution in [0, 0.1) is 13.8 Å². The number of nitrogens with one attached hydrogen (secondary N) is 1. The minimum absolute atomic E-state index is 0.352. The number of hydrogen-bond donors (Lipinski definition) is 1. The van der Waals surface area contributed by atoms with Crippen molar-refractivity contribution < 1.29 is 19.1 Å². The number of ether oxygens (including phenoxy) is 2. The molecule has 0 heterocycles. The highest BCUT2D eigenvalue weighted by Crippen LogP contribution is 2.17. The quantitative estimate of drug-likeness (QED) is 0.776. The number of carbonyl (C=O) groups is 2. The van der Waals surface area contributed by atoms with Crippen LogP contribution in [0.25, 0.3) is 0 Å². The predicted molar refractivity (Wildman–Crippen MR) is 99.8 cm³/mol. The van der Waals surface area contributed by atoms with Crippen molar-refractivity contribution >= 4 is 11.9 Å². The van der Waals surface area contributed by atoms with Crippen LogP contribution < -0.4 is 5.32 Å². The molecule has 0 spiro atoms. The van der Waals surface area contributed by atoms with Gasteiger partial charge in [0.1, 0.15) is 6.04 Å². The summed E-state index contributed by atoms with van der Waals surface area (Å²) >= 11 is 0. The van der Waals surface area contributed by atoms with E-state index in [2.05, 4.69) is 5.32 Å². The molecule has 138 valence electrons. The van der Waals surface area contributed by atoms with Gasteiger partial charge in [-0.05, 0) is 36.1 Å². The summed E-state index contributed by atoms with van der Waals surface area (Å²) in [6.45, 7) is 4.04. The minimum Gasteiger partial charge on any atom is -0.467 e. The third kappa shape index (κ3) is 4.92. The molecule has 0 saturated heterocycles. The first kappa shape index (κ1) is 19.7. The molecule has 2 aromatic carbocycles. The molecule has 26 heavy (non-hydrogen) atoms. The number of esters is 1. The first-order chi connectivity index (χ1) is 12.5. The molecule has 0 aliphatic heterocycles. The summed E-state index contributed by atoms with van der Waals surface area (Å²) in [6.07, 6.45) is -0.437. The van der Waals surface area contributed by atoms with Crippen LogP contribution in [-0.4, -0.2) is 32.1 Å². The molecule has 0 fully saturated rings. The molecule has 0 aliphatic carbocycles. The molecule has 0 saturated carbocycles. The third-order valence-corrected chi connectivity index (χ3v) is 4.39. The van der Waals surface area contributed by atoms with E-state index in [0.717, 1.165) is 16.7 Å². The van der Waals surface area contributed by atoms with Gasteiger partial charge in [-0.25, -0.2) is 4.79 Å². The smallest absolute Gasteiger partial charge is 0.328 e. The number of rotatable bonds is 7. The predicted octanol–water partition coefficient (Wildman–Crippen LogP) is 2.89. The second-order valence-corrected chi connectivity index (χ2v) is 6.23. The lowest BCUT2D eigenvalue weighted by Crippen LogP contribution is -2.45. The van der Waals surface area contributed by atoms with Crippen LogP contribution in [0.15, 0.2) is 48.5 Å². The largest absolute Gasteiger partial charge is 0.467 e. The Hall–Kier alpha value is -2.66. The molecule has 0 aliphatic rings. The van der Waals surface area contributed by atoms with E-state index in [0.29, 0.717) is 6.42 Å². The Morgan fingerprint density at radius 3 is 2.27 bits per heavy atom. The van der Waals surface area contributed by atoms with Crippen LogP contribution in [0.4, 0.5) is 0 Å². The summed E-state index contributed by atoms with van der Waals surface area (Å²) in [7, 11) is 2.78. The molecular formula is C21H25NO4. The zero-order valence-electron chi connectivity index (χ0n) is 15.6. The van der Waals surface area contributed by atoms with Gasteiger partial charge >= 0.3 is 5.97 Å². The van der Waals surface area contributed by atoms with E-state index in [1.54, 1.807) is 0 Å². The molecule has 2 rings (SSSR count). The van der Waals surface area contributed by atoms with E-state index in [1.165, 1.54) is 19.8 Å². The van der Waals surface area contributed by atoms with Gasteiger partial charge < -0.3 is 14.8 Å². The SMILES string of the molecule is COC(=O)[C@@H](Cc1ccc(C)c(C)c1)NC(=O)[C@@H](OC)c1ccccc1. The summed E-state index contributed by atoms with van der Waals surface area (Å²) in [6, 6.07) is 14.3. The molecule has 0 aromatic heterocycles. The number of benzene rings is 2. The van der Waals surface area contributed by atoms with Gasteiger partial charge in [0.2, 0.25) is 0 Å². The molecule has 0 unspecified atom stereocenters. The van der Waals surface area contributed by atoms with E-state index >= 15 is 0 Å². The van der Waals surface area contributed by atoms with Crippen molar-refractivity contribution in [1.82, 2.24) is 5.32 Å². The number of methoxy groups -OCH3 is 2. The average molecular weight is 355 g/mol. The van der Waals surface area contributed by atoms with Gasteiger partial charge in [0, 0.05) is 13.5 Å². The number of hydrogen-bond acceptors (Lipinski definition) is 4. The summed E-state index contributed by atoms with van der Waals surface area (Å²) < 4.78 is 10.2. The fourth-order valence-corrected chi connectivity index (χ4v) is 2.77. The molecule has 2 atom stereocenters. The fourth-order valence-electron chi connectivity index (χ4n) is 2.77. The summed E-state index contributed by atoms with van der Waals surface area (Å²) in [5.41, 5.74) is 3.99. The Kier molecular flexibility index (Phi) is 6.92. The van der Waals surface area contributed by atoms with Gasteiger partial charge in [-0.15, -0.1) is 0 Å². The Labute approximate surface area is 154 Å². The maximum absolute atomic E-state index is 12.7. The Morgan fingerprint density at radius 1 is 1.00 bits per heavy atom. The van der Waals surface area contributed by atoms with Crippen LogP contribution in [0.3, 0.4) is 0 Å². The van der Waals surface area contributed by atoms with Gasteiger partial charge in [0.15, 0.2) is 6.10 Å². The number of aryl methyl sites for hydroxylation is 2. The van der Waals surface area contributed by atoms with E-state index in [-0.39, 0.29) is 5.91 Å². The zero-order chi connectivity index (χ0) is 19.1. The Morgan fingerprint density at radius 2 is 1.69 bits per heavy atom. The normalized spacial score (nSPS) is 12.9. The van der Waals surface area contributed by atoms with Gasteiger partial charge in [0.05, 0.1) is 7.11 Å². The van der Waals surface area contributed by atoms with Crippen molar-refractivity contribution in [3.05, 3.63) is 70.8 Å². The molecule has 1 N–H and O–H groups in total. The van der Waals surface area contributed by atoms with Crippen molar-refractivity contribution in [2.75, 3.05) is 14.2 Å². The lowest BCUT2D eigenvalue weighted by Gasteiger charge is -2.21. The molecular weight excluding hydrogens is 330 g/mol. The van der Waals surface area contributed by atoms with Crippen LogP contribution in [0.2, 0.25) is 0 Å². The van der Waals surface area contributed by atoms with Crippen LogP contribution in [0.1, 0.15) is 28.4 Å². The highest BCUT2D eigenvalue weighted by molar-refractivity contribution is 5.87. The topological polar surface area (TPSA) is 64.6 Å². The standard InChI is InChI=1S/C21H25NO4/c1-14-10-11-16(12-15(14)2)13-18(21(24)26-4)22-20(23)19(25-3)17-8-6-5-7-9-17/h5-12,18-19H,13H2,1-4H3,(H,22,23)/t18-,19+/m1/s1. The lowest BCUT2D eigenvalue weighted by molar-refractivity contribution is -0.146. The first-order valence-corrected chi connectivity index (χ1v) is 8.48. The van der Waals surface area contributed by atoms with E-state index in [9.17, 15) is 9.59 Å². The third-order valence-electron chi connectivity index (χ3n) is 4.39. The van der Waals surface area contributed by atoms with Gasteiger partial charge in [-0.1, -0.05) is 48.5 Å². The van der Waals surface area contributed by atoms with Crippen LogP contribution in [-0.2, 0) is 25.5 Å². The van der Waals surface area contributed by atoms with E-state index in [4.69, 9.17) is 9.47 Å². The van der Waals surface area contributed by atoms with E-state index in [1.807, 2.05) is 62.4 Å². The number of amides is 1.